The predicted molar refractivity (Wildman–Crippen MR) is 69.5 cm³/mol. The Morgan fingerprint density at radius 2 is 1.75 bits per heavy atom. The maximum absolute atomic E-state index is 5.59. The summed E-state index contributed by atoms with van der Waals surface area (Å²) in [6.45, 7) is 9.98. The van der Waals surface area contributed by atoms with E-state index in [9.17, 15) is 0 Å². The monoisotopic (exact) mass is 218 g/mol. The summed E-state index contributed by atoms with van der Waals surface area (Å²) in [6, 6.07) is 8.61. The predicted octanol–water partition coefficient (Wildman–Crippen LogP) is 2.63. The van der Waals surface area contributed by atoms with Gasteiger partial charge in [-0.15, -0.1) is 0 Å². The summed E-state index contributed by atoms with van der Waals surface area (Å²) in [5.41, 5.74) is 8.56. The maximum atomic E-state index is 5.59. The van der Waals surface area contributed by atoms with Crippen molar-refractivity contribution in [2.24, 2.45) is 17.1 Å². The molecule has 0 radical (unpaired) electrons. The molecule has 2 N–H and O–H groups in total. The molecule has 1 aliphatic heterocycles. The molecule has 0 bridgehead atoms. The minimum Gasteiger partial charge on any atom is -0.371 e. The highest BCUT2D eigenvalue weighted by Gasteiger charge is 2.35. The van der Waals surface area contributed by atoms with E-state index in [4.69, 9.17) is 5.73 Å². The van der Waals surface area contributed by atoms with Crippen molar-refractivity contribution in [1.29, 1.82) is 0 Å². The lowest BCUT2D eigenvalue weighted by Crippen LogP contribution is -2.52. The van der Waals surface area contributed by atoms with Crippen LogP contribution < -0.4 is 10.6 Å². The maximum Gasteiger partial charge on any atom is 0.0366 e. The zero-order chi connectivity index (χ0) is 11.8. The molecule has 1 aromatic carbocycles. The largest absolute Gasteiger partial charge is 0.371 e. The van der Waals surface area contributed by atoms with E-state index in [1.807, 2.05) is 0 Å². The SMILES string of the molecule is CC(C)(C)C1CN(c2ccc(CN)cc2)C1. The second kappa shape index (κ2) is 4.10. The van der Waals surface area contributed by atoms with Gasteiger partial charge in [-0.05, 0) is 29.0 Å². The molecular weight excluding hydrogens is 196 g/mol. The lowest BCUT2D eigenvalue weighted by molar-refractivity contribution is 0.195. The summed E-state index contributed by atoms with van der Waals surface area (Å²) in [6.07, 6.45) is 0. The first kappa shape index (κ1) is 11.5. The third-order valence-corrected chi connectivity index (χ3v) is 3.64. The molecule has 0 saturated carbocycles. The highest BCUT2D eigenvalue weighted by atomic mass is 15.2. The van der Waals surface area contributed by atoms with Crippen LogP contribution in [-0.4, -0.2) is 13.1 Å². The van der Waals surface area contributed by atoms with Crippen LogP contribution in [0, 0.1) is 11.3 Å². The van der Waals surface area contributed by atoms with E-state index in [0.717, 1.165) is 5.92 Å². The van der Waals surface area contributed by atoms with Crippen LogP contribution in [0.3, 0.4) is 0 Å². The Hall–Kier alpha value is -1.02. The average Bonchev–Trinajstić information content (AvgIpc) is 2.14. The van der Waals surface area contributed by atoms with Gasteiger partial charge in [0.1, 0.15) is 0 Å². The molecule has 0 aliphatic carbocycles. The lowest BCUT2D eigenvalue weighted by Gasteiger charge is -2.47. The quantitative estimate of drug-likeness (QED) is 0.827. The van der Waals surface area contributed by atoms with Crippen LogP contribution in [0.5, 0.6) is 0 Å². The standard InChI is InChI=1S/C14H22N2/c1-14(2,3)12-9-16(10-12)13-6-4-11(8-15)5-7-13/h4-7,12H,8-10,15H2,1-3H3. The molecule has 0 atom stereocenters. The van der Waals surface area contributed by atoms with Crippen molar-refractivity contribution in [1.82, 2.24) is 0 Å². The van der Waals surface area contributed by atoms with Crippen LogP contribution in [0.15, 0.2) is 24.3 Å². The van der Waals surface area contributed by atoms with E-state index in [2.05, 4.69) is 49.9 Å². The smallest absolute Gasteiger partial charge is 0.0366 e. The molecule has 0 unspecified atom stereocenters. The van der Waals surface area contributed by atoms with Gasteiger partial charge in [0.05, 0.1) is 0 Å². The summed E-state index contributed by atoms with van der Waals surface area (Å²) in [7, 11) is 0. The molecule has 2 heteroatoms. The van der Waals surface area contributed by atoms with Gasteiger partial charge in [0.2, 0.25) is 0 Å². The van der Waals surface area contributed by atoms with Gasteiger partial charge in [-0.2, -0.15) is 0 Å². The van der Waals surface area contributed by atoms with Crippen LogP contribution >= 0.6 is 0 Å². The van der Waals surface area contributed by atoms with Gasteiger partial charge in [-0.25, -0.2) is 0 Å². The van der Waals surface area contributed by atoms with Gasteiger partial charge >= 0.3 is 0 Å². The van der Waals surface area contributed by atoms with Gasteiger partial charge in [0.15, 0.2) is 0 Å². The van der Waals surface area contributed by atoms with Crippen molar-refractivity contribution in [3.63, 3.8) is 0 Å². The Kier molecular flexibility index (Phi) is 2.94. The van der Waals surface area contributed by atoms with Crippen LogP contribution in [0.25, 0.3) is 0 Å². The zero-order valence-electron chi connectivity index (χ0n) is 10.5. The molecule has 1 aromatic rings. The number of hydrogen-bond acceptors (Lipinski definition) is 2. The fourth-order valence-electron chi connectivity index (χ4n) is 2.08. The fourth-order valence-corrected chi connectivity index (χ4v) is 2.08. The lowest BCUT2D eigenvalue weighted by atomic mass is 9.76. The van der Waals surface area contributed by atoms with E-state index in [0.29, 0.717) is 12.0 Å². The number of nitrogens with zero attached hydrogens (tertiary/aromatic N) is 1. The Bertz CT molecular complexity index is 342. The molecule has 2 rings (SSSR count). The van der Waals surface area contributed by atoms with Crippen molar-refractivity contribution in [2.75, 3.05) is 18.0 Å². The second-order valence-corrected chi connectivity index (χ2v) is 5.84. The Labute approximate surface area is 98.4 Å². The number of nitrogens with two attached hydrogens (primary N) is 1. The van der Waals surface area contributed by atoms with Crippen molar-refractivity contribution < 1.29 is 0 Å². The highest BCUT2D eigenvalue weighted by molar-refractivity contribution is 5.50. The van der Waals surface area contributed by atoms with Crippen LogP contribution in [0.1, 0.15) is 26.3 Å². The average molecular weight is 218 g/mol. The second-order valence-electron chi connectivity index (χ2n) is 5.84. The Morgan fingerprint density at radius 1 is 1.19 bits per heavy atom. The highest BCUT2D eigenvalue weighted by Crippen LogP contribution is 2.36. The van der Waals surface area contributed by atoms with Gasteiger partial charge in [0.25, 0.3) is 0 Å². The third-order valence-electron chi connectivity index (χ3n) is 3.64. The molecule has 1 saturated heterocycles. The first-order valence-corrected chi connectivity index (χ1v) is 6.04. The number of rotatable bonds is 2. The molecule has 0 spiro atoms. The molecule has 0 amide bonds. The van der Waals surface area contributed by atoms with Crippen molar-refractivity contribution >= 4 is 5.69 Å². The summed E-state index contributed by atoms with van der Waals surface area (Å²) < 4.78 is 0. The van der Waals surface area contributed by atoms with Gasteiger partial charge in [-0.3, -0.25) is 0 Å². The normalized spacial score (nSPS) is 17.4. The van der Waals surface area contributed by atoms with Crippen LogP contribution in [-0.2, 0) is 6.54 Å². The summed E-state index contributed by atoms with van der Waals surface area (Å²) in [4.78, 5) is 2.44. The van der Waals surface area contributed by atoms with Crippen molar-refractivity contribution in [3.8, 4) is 0 Å². The van der Waals surface area contributed by atoms with E-state index in [1.54, 1.807) is 0 Å². The number of hydrogen-bond donors (Lipinski definition) is 1. The van der Waals surface area contributed by atoms with Gasteiger partial charge in [0, 0.05) is 25.3 Å². The number of anilines is 1. The molecule has 88 valence electrons. The first-order valence-electron chi connectivity index (χ1n) is 6.04. The topological polar surface area (TPSA) is 29.3 Å². The first-order chi connectivity index (χ1) is 7.50. The van der Waals surface area contributed by atoms with Gasteiger partial charge in [-0.1, -0.05) is 32.9 Å². The fraction of sp³-hybridized carbons (Fsp3) is 0.571. The van der Waals surface area contributed by atoms with Crippen molar-refractivity contribution in [2.45, 2.75) is 27.3 Å². The van der Waals surface area contributed by atoms with E-state index in [-0.39, 0.29) is 0 Å². The summed E-state index contributed by atoms with van der Waals surface area (Å²) in [5, 5.41) is 0. The third kappa shape index (κ3) is 2.22. The summed E-state index contributed by atoms with van der Waals surface area (Å²) in [5.74, 6) is 0.821. The zero-order valence-corrected chi connectivity index (χ0v) is 10.5. The molecule has 1 heterocycles. The summed E-state index contributed by atoms with van der Waals surface area (Å²) >= 11 is 0. The Morgan fingerprint density at radius 3 is 2.19 bits per heavy atom. The van der Waals surface area contributed by atoms with E-state index < -0.39 is 0 Å². The van der Waals surface area contributed by atoms with E-state index in [1.165, 1.54) is 24.3 Å². The van der Waals surface area contributed by atoms with Crippen LogP contribution in [0.2, 0.25) is 0 Å². The van der Waals surface area contributed by atoms with Crippen LogP contribution in [0.4, 0.5) is 5.69 Å². The molecular formula is C14H22N2. The van der Waals surface area contributed by atoms with Gasteiger partial charge < -0.3 is 10.6 Å². The number of benzene rings is 1. The van der Waals surface area contributed by atoms with E-state index >= 15 is 0 Å². The molecule has 1 fully saturated rings. The molecule has 16 heavy (non-hydrogen) atoms. The molecule has 2 nitrogen and oxygen atoms in total. The minimum absolute atomic E-state index is 0.438. The Balaban J connectivity index is 1.96. The minimum atomic E-state index is 0.438. The van der Waals surface area contributed by atoms with Crippen molar-refractivity contribution in [3.05, 3.63) is 29.8 Å². The molecule has 0 aromatic heterocycles. The molecule has 1 aliphatic rings.